The van der Waals surface area contributed by atoms with Gasteiger partial charge in [0.2, 0.25) is 5.91 Å². The van der Waals surface area contributed by atoms with Gasteiger partial charge in [-0.15, -0.1) is 11.3 Å². The second kappa shape index (κ2) is 7.80. The first kappa shape index (κ1) is 16.3. The largest absolute Gasteiger partial charge is 0.339 e. The zero-order chi connectivity index (χ0) is 16.1. The lowest BCUT2D eigenvalue weighted by Crippen LogP contribution is -2.32. The maximum atomic E-state index is 12.5. The first-order chi connectivity index (χ1) is 11.2. The van der Waals surface area contributed by atoms with E-state index in [0.717, 1.165) is 42.3 Å². The SMILES string of the molecule is O=C(/C=C/c1cccs1)N1CCCCC(c2ccc(Cl)cc2)C1. The lowest BCUT2D eigenvalue weighted by atomic mass is 9.94. The molecule has 1 unspecified atom stereocenters. The Kier molecular flexibility index (Phi) is 5.52. The Labute approximate surface area is 146 Å². The van der Waals surface area contributed by atoms with Gasteiger partial charge in [0.1, 0.15) is 0 Å². The standard InChI is InChI=1S/C19H20ClNOS/c20-17-8-6-15(7-9-17)16-4-1-2-12-21(14-16)19(22)11-10-18-5-3-13-23-18/h3,5-11,13,16H,1-2,4,12,14H2/b11-10+. The van der Waals surface area contributed by atoms with Crippen molar-refractivity contribution in [2.24, 2.45) is 0 Å². The van der Waals surface area contributed by atoms with Crippen LogP contribution in [0.3, 0.4) is 0 Å². The molecule has 1 aliphatic rings. The fourth-order valence-corrected chi connectivity index (χ4v) is 3.74. The van der Waals surface area contributed by atoms with Crippen LogP contribution in [0.25, 0.3) is 6.08 Å². The summed E-state index contributed by atoms with van der Waals surface area (Å²) >= 11 is 7.62. The second-order valence-corrected chi connectivity index (χ2v) is 7.29. The van der Waals surface area contributed by atoms with Gasteiger partial charge in [0.25, 0.3) is 0 Å². The highest BCUT2D eigenvalue weighted by atomic mass is 35.5. The minimum atomic E-state index is 0.110. The lowest BCUT2D eigenvalue weighted by molar-refractivity contribution is -0.126. The molecule has 0 spiro atoms. The number of rotatable bonds is 3. The molecule has 4 heteroatoms. The lowest BCUT2D eigenvalue weighted by Gasteiger charge is -2.23. The summed E-state index contributed by atoms with van der Waals surface area (Å²) < 4.78 is 0. The van der Waals surface area contributed by atoms with Gasteiger partial charge in [0.15, 0.2) is 0 Å². The predicted molar refractivity (Wildman–Crippen MR) is 98.0 cm³/mol. The highest BCUT2D eigenvalue weighted by Gasteiger charge is 2.21. The van der Waals surface area contributed by atoms with Crippen LogP contribution in [0.2, 0.25) is 5.02 Å². The van der Waals surface area contributed by atoms with E-state index in [1.165, 1.54) is 5.56 Å². The van der Waals surface area contributed by atoms with Crippen molar-refractivity contribution >= 4 is 34.9 Å². The molecule has 0 bridgehead atoms. The van der Waals surface area contributed by atoms with E-state index in [9.17, 15) is 4.79 Å². The average molecular weight is 346 g/mol. The molecular formula is C19H20ClNOS. The van der Waals surface area contributed by atoms with Crippen LogP contribution in [0.5, 0.6) is 0 Å². The van der Waals surface area contributed by atoms with Crippen molar-refractivity contribution in [2.45, 2.75) is 25.2 Å². The average Bonchev–Trinajstić information content (AvgIpc) is 2.96. The summed E-state index contributed by atoms with van der Waals surface area (Å²) in [7, 11) is 0. The second-order valence-electron chi connectivity index (χ2n) is 5.88. The Morgan fingerprint density at radius 3 is 2.78 bits per heavy atom. The van der Waals surface area contributed by atoms with E-state index in [2.05, 4.69) is 12.1 Å². The molecule has 23 heavy (non-hydrogen) atoms. The number of carbonyl (C=O) groups is 1. The summed E-state index contributed by atoms with van der Waals surface area (Å²) in [6, 6.07) is 12.1. The van der Waals surface area contributed by atoms with Gasteiger partial charge in [-0.05, 0) is 48.1 Å². The molecule has 120 valence electrons. The summed E-state index contributed by atoms with van der Waals surface area (Å²) in [5, 5.41) is 2.78. The Hall–Kier alpha value is -1.58. The van der Waals surface area contributed by atoms with Crippen molar-refractivity contribution in [1.29, 1.82) is 0 Å². The van der Waals surface area contributed by atoms with Gasteiger partial charge in [-0.25, -0.2) is 0 Å². The van der Waals surface area contributed by atoms with E-state index in [4.69, 9.17) is 11.6 Å². The van der Waals surface area contributed by atoms with Crippen molar-refractivity contribution in [3.63, 3.8) is 0 Å². The van der Waals surface area contributed by atoms with Crippen molar-refractivity contribution in [2.75, 3.05) is 13.1 Å². The molecular weight excluding hydrogens is 326 g/mol. The van der Waals surface area contributed by atoms with Crippen LogP contribution in [0.1, 0.15) is 35.6 Å². The first-order valence-corrected chi connectivity index (χ1v) is 9.24. The number of likely N-dealkylation sites (tertiary alicyclic amines) is 1. The molecule has 1 amide bonds. The zero-order valence-corrected chi connectivity index (χ0v) is 14.5. The van der Waals surface area contributed by atoms with Crippen molar-refractivity contribution in [3.05, 3.63) is 63.3 Å². The molecule has 0 N–H and O–H groups in total. The molecule has 0 saturated carbocycles. The van der Waals surface area contributed by atoms with Crippen molar-refractivity contribution in [3.8, 4) is 0 Å². The van der Waals surface area contributed by atoms with Gasteiger partial charge in [-0.3, -0.25) is 4.79 Å². The summed E-state index contributed by atoms with van der Waals surface area (Å²) in [6.45, 7) is 1.63. The van der Waals surface area contributed by atoms with Crippen LogP contribution >= 0.6 is 22.9 Å². The van der Waals surface area contributed by atoms with E-state index in [-0.39, 0.29) is 5.91 Å². The van der Waals surface area contributed by atoms with Gasteiger partial charge < -0.3 is 4.90 Å². The third-order valence-corrected chi connectivity index (χ3v) is 5.35. The van der Waals surface area contributed by atoms with E-state index in [1.807, 2.05) is 40.6 Å². The van der Waals surface area contributed by atoms with Crippen LogP contribution < -0.4 is 0 Å². The maximum Gasteiger partial charge on any atom is 0.246 e. The molecule has 2 aromatic rings. The minimum absolute atomic E-state index is 0.110. The van der Waals surface area contributed by atoms with E-state index in [0.29, 0.717) is 5.92 Å². The van der Waals surface area contributed by atoms with Crippen LogP contribution in [0.4, 0.5) is 0 Å². The molecule has 3 rings (SSSR count). The molecule has 2 nitrogen and oxygen atoms in total. The van der Waals surface area contributed by atoms with Crippen LogP contribution in [-0.4, -0.2) is 23.9 Å². The number of hydrogen-bond donors (Lipinski definition) is 0. The molecule has 1 fully saturated rings. The minimum Gasteiger partial charge on any atom is -0.339 e. The van der Waals surface area contributed by atoms with Crippen LogP contribution in [0, 0.1) is 0 Å². The topological polar surface area (TPSA) is 20.3 Å². The number of nitrogens with zero attached hydrogens (tertiary/aromatic N) is 1. The van der Waals surface area contributed by atoms with Gasteiger partial charge in [0, 0.05) is 35.0 Å². The number of benzene rings is 1. The van der Waals surface area contributed by atoms with Crippen LogP contribution in [-0.2, 0) is 4.79 Å². The summed E-state index contributed by atoms with van der Waals surface area (Å²) in [5.41, 5.74) is 1.27. The summed E-state index contributed by atoms with van der Waals surface area (Å²) in [6.07, 6.45) is 6.97. The number of halogens is 1. The van der Waals surface area contributed by atoms with Crippen molar-refractivity contribution < 1.29 is 4.79 Å². The quantitative estimate of drug-likeness (QED) is 0.699. The number of carbonyl (C=O) groups excluding carboxylic acids is 1. The molecule has 1 saturated heterocycles. The Balaban J connectivity index is 1.69. The van der Waals surface area contributed by atoms with Crippen molar-refractivity contribution in [1.82, 2.24) is 4.90 Å². The van der Waals surface area contributed by atoms with Gasteiger partial charge in [-0.2, -0.15) is 0 Å². The monoisotopic (exact) mass is 345 g/mol. The Morgan fingerprint density at radius 2 is 2.04 bits per heavy atom. The molecule has 0 radical (unpaired) electrons. The normalized spacial score (nSPS) is 19.0. The molecule has 1 aromatic heterocycles. The fourth-order valence-electron chi connectivity index (χ4n) is 2.99. The highest BCUT2D eigenvalue weighted by Crippen LogP contribution is 2.27. The van der Waals surface area contributed by atoms with E-state index < -0.39 is 0 Å². The third kappa shape index (κ3) is 4.46. The highest BCUT2D eigenvalue weighted by molar-refractivity contribution is 7.10. The smallest absolute Gasteiger partial charge is 0.246 e. The fraction of sp³-hybridized carbons (Fsp3) is 0.316. The van der Waals surface area contributed by atoms with Crippen LogP contribution in [0.15, 0.2) is 47.9 Å². The molecule has 1 aromatic carbocycles. The number of amides is 1. The van der Waals surface area contributed by atoms with E-state index in [1.54, 1.807) is 17.4 Å². The molecule has 0 aliphatic carbocycles. The zero-order valence-electron chi connectivity index (χ0n) is 13.0. The molecule has 1 aliphatic heterocycles. The Bertz CT molecular complexity index is 663. The molecule has 2 heterocycles. The van der Waals surface area contributed by atoms with E-state index >= 15 is 0 Å². The first-order valence-electron chi connectivity index (χ1n) is 7.98. The summed E-state index contributed by atoms with van der Waals surface area (Å²) in [5.74, 6) is 0.508. The predicted octanol–water partition coefficient (Wildman–Crippen LogP) is 5.21. The number of thiophene rings is 1. The Morgan fingerprint density at radius 1 is 1.22 bits per heavy atom. The summed E-state index contributed by atoms with van der Waals surface area (Å²) in [4.78, 5) is 15.6. The van der Waals surface area contributed by atoms with Gasteiger partial charge >= 0.3 is 0 Å². The number of hydrogen-bond acceptors (Lipinski definition) is 2. The van der Waals surface area contributed by atoms with Gasteiger partial charge in [-0.1, -0.05) is 36.2 Å². The third-order valence-electron chi connectivity index (χ3n) is 4.26. The maximum absolute atomic E-state index is 12.5. The van der Waals surface area contributed by atoms with Gasteiger partial charge in [0.05, 0.1) is 0 Å². The molecule has 1 atom stereocenters.